The first-order valence-electron chi connectivity index (χ1n) is 5.36. The maximum Gasteiger partial charge on any atom is 0.163 e. The molecule has 1 aromatic carbocycles. The van der Waals surface area contributed by atoms with E-state index >= 15 is 0 Å². The molecule has 0 radical (unpaired) electrons. The Bertz CT molecular complexity index is 471. The molecule has 1 heterocycles. The Kier molecular flexibility index (Phi) is 2.99. The summed E-state index contributed by atoms with van der Waals surface area (Å²) in [6.45, 7) is 4.80. The molecular weight excluding hydrogens is 205 g/mol. The standard InChI is InChI=1S/C12H14FN3/c1-3-4-16-8-14-15-12(16)10-5-9(2)6-11(13)7-10/h5-8H,3-4H2,1-2H3. The summed E-state index contributed by atoms with van der Waals surface area (Å²) >= 11 is 0. The van der Waals surface area contributed by atoms with Gasteiger partial charge in [-0.1, -0.05) is 6.92 Å². The zero-order valence-electron chi connectivity index (χ0n) is 9.44. The molecule has 0 amide bonds. The molecule has 0 bridgehead atoms. The van der Waals surface area contributed by atoms with Gasteiger partial charge in [-0.05, 0) is 37.1 Å². The number of benzene rings is 1. The molecule has 1 aromatic heterocycles. The zero-order valence-corrected chi connectivity index (χ0v) is 9.44. The second-order valence-electron chi connectivity index (χ2n) is 3.87. The molecule has 0 fully saturated rings. The fourth-order valence-electron chi connectivity index (χ4n) is 1.75. The van der Waals surface area contributed by atoms with Crippen LogP contribution < -0.4 is 0 Å². The predicted molar refractivity (Wildman–Crippen MR) is 60.4 cm³/mol. The SMILES string of the molecule is CCCn1cnnc1-c1cc(C)cc(F)c1. The van der Waals surface area contributed by atoms with E-state index in [4.69, 9.17) is 0 Å². The number of hydrogen-bond donors (Lipinski definition) is 0. The molecule has 2 rings (SSSR count). The second kappa shape index (κ2) is 4.43. The highest BCUT2D eigenvalue weighted by atomic mass is 19.1. The van der Waals surface area contributed by atoms with Crippen LogP contribution in [0.15, 0.2) is 24.5 Å². The molecule has 4 heteroatoms. The molecule has 3 nitrogen and oxygen atoms in total. The smallest absolute Gasteiger partial charge is 0.163 e. The van der Waals surface area contributed by atoms with Crippen LogP contribution in [-0.4, -0.2) is 14.8 Å². The largest absolute Gasteiger partial charge is 0.314 e. The third kappa shape index (κ3) is 2.10. The monoisotopic (exact) mass is 219 g/mol. The van der Waals surface area contributed by atoms with Gasteiger partial charge in [-0.2, -0.15) is 0 Å². The molecule has 0 aliphatic rings. The van der Waals surface area contributed by atoms with Crippen molar-refractivity contribution in [2.24, 2.45) is 0 Å². The van der Waals surface area contributed by atoms with Crippen molar-refractivity contribution in [3.05, 3.63) is 35.9 Å². The molecule has 0 spiro atoms. The molecule has 0 atom stereocenters. The van der Waals surface area contributed by atoms with Gasteiger partial charge in [0, 0.05) is 12.1 Å². The minimum absolute atomic E-state index is 0.235. The Hall–Kier alpha value is -1.71. The van der Waals surface area contributed by atoms with Crippen LogP contribution in [0.5, 0.6) is 0 Å². The molecule has 16 heavy (non-hydrogen) atoms. The van der Waals surface area contributed by atoms with Crippen LogP contribution in [0.3, 0.4) is 0 Å². The highest BCUT2D eigenvalue weighted by Gasteiger charge is 2.08. The van der Waals surface area contributed by atoms with E-state index in [0.717, 1.165) is 29.9 Å². The van der Waals surface area contributed by atoms with E-state index in [9.17, 15) is 4.39 Å². The van der Waals surface area contributed by atoms with Crippen molar-refractivity contribution >= 4 is 0 Å². The van der Waals surface area contributed by atoms with Gasteiger partial charge in [-0.3, -0.25) is 0 Å². The Labute approximate surface area is 93.9 Å². The van der Waals surface area contributed by atoms with Crippen LogP contribution in [0.2, 0.25) is 0 Å². The van der Waals surface area contributed by atoms with E-state index in [1.165, 1.54) is 12.1 Å². The van der Waals surface area contributed by atoms with Gasteiger partial charge in [0.05, 0.1) is 0 Å². The first-order chi connectivity index (χ1) is 7.70. The van der Waals surface area contributed by atoms with Crippen molar-refractivity contribution in [1.82, 2.24) is 14.8 Å². The van der Waals surface area contributed by atoms with Gasteiger partial charge in [0.25, 0.3) is 0 Å². The molecule has 0 aliphatic carbocycles. The Morgan fingerprint density at radius 3 is 2.81 bits per heavy atom. The van der Waals surface area contributed by atoms with Crippen LogP contribution in [0, 0.1) is 12.7 Å². The fraction of sp³-hybridized carbons (Fsp3) is 0.333. The Balaban J connectivity index is 2.45. The summed E-state index contributed by atoms with van der Waals surface area (Å²) in [5.41, 5.74) is 1.67. The number of aryl methyl sites for hydroxylation is 2. The number of halogens is 1. The minimum atomic E-state index is -0.235. The lowest BCUT2D eigenvalue weighted by Gasteiger charge is -2.05. The van der Waals surface area contributed by atoms with Crippen molar-refractivity contribution < 1.29 is 4.39 Å². The van der Waals surface area contributed by atoms with Crippen LogP contribution in [-0.2, 0) is 6.54 Å². The highest BCUT2D eigenvalue weighted by Crippen LogP contribution is 2.19. The van der Waals surface area contributed by atoms with E-state index in [-0.39, 0.29) is 5.82 Å². The van der Waals surface area contributed by atoms with Crippen LogP contribution >= 0.6 is 0 Å². The second-order valence-corrected chi connectivity index (χ2v) is 3.87. The predicted octanol–water partition coefficient (Wildman–Crippen LogP) is 2.80. The lowest BCUT2D eigenvalue weighted by molar-refractivity contribution is 0.626. The molecule has 0 saturated carbocycles. The first-order valence-corrected chi connectivity index (χ1v) is 5.36. The van der Waals surface area contributed by atoms with Gasteiger partial charge in [-0.15, -0.1) is 10.2 Å². The van der Waals surface area contributed by atoms with Crippen LogP contribution in [0.25, 0.3) is 11.4 Å². The third-order valence-electron chi connectivity index (χ3n) is 2.38. The summed E-state index contributed by atoms with van der Waals surface area (Å²) < 4.78 is 15.2. The zero-order chi connectivity index (χ0) is 11.5. The minimum Gasteiger partial charge on any atom is -0.314 e. The molecule has 84 valence electrons. The average Bonchev–Trinajstić information content (AvgIpc) is 2.65. The summed E-state index contributed by atoms with van der Waals surface area (Å²) in [5, 5.41) is 7.90. The lowest BCUT2D eigenvalue weighted by atomic mass is 10.1. The quantitative estimate of drug-likeness (QED) is 0.794. The fourth-order valence-corrected chi connectivity index (χ4v) is 1.75. The van der Waals surface area contributed by atoms with E-state index in [1.807, 2.05) is 17.6 Å². The lowest BCUT2D eigenvalue weighted by Crippen LogP contribution is -1.98. The van der Waals surface area contributed by atoms with Crippen LogP contribution in [0.1, 0.15) is 18.9 Å². The van der Waals surface area contributed by atoms with E-state index < -0.39 is 0 Å². The van der Waals surface area contributed by atoms with E-state index in [0.29, 0.717) is 0 Å². The summed E-state index contributed by atoms with van der Waals surface area (Å²) in [5.74, 6) is 0.491. The van der Waals surface area contributed by atoms with Crippen molar-refractivity contribution in [3.63, 3.8) is 0 Å². The van der Waals surface area contributed by atoms with Crippen LogP contribution in [0.4, 0.5) is 4.39 Å². The van der Waals surface area contributed by atoms with Crippen molar-refractivity contribution in [3.8, 4) is 11.4 Å². The van der Waals surface area contributed by atoms with Crippen molar-refractivity contribution in [2.45, 2.75) is 26.8 Å². The summed E-state index contributed by atoms with van der Waals surface area (Å²) in [7, 11) is 0. The number of aromatic nitrogens is 3. The molecule has 0 unspecified atom stereocenters. The summed E-state index contributed by atoms with van der Waals surface area (Å²) in [6, 6.07) is 4.91. The molecular formula is C12H14FN3. The highest BCUT2D eigenvalue weighted by molar-refractivity contribution is 5.56. The van der Waals surface area contributed by atoms with Crippen molar-refractivity contribution in [2.75, 3.05) is 0 Å². The first kappa shape index (κ1) is 10.8. The maximum atomic E-state index is 13.3. The Morgan fingerprint density at radius 1 is 1.31 bits per heavy atom. The molecule has 0 aliphatic heterocycles. The summed E-state index contributed by atoms with van der Waals surface area (Å²) in [4.78, 5) is 0. The van der Waals surface area contributed by atoms with Gasteiger partial charge in [-0.25, -0.2) is 4.39 Å². The molecule has 0 N–H and O–H groups in total. The van der Waals surface area contributed by atoms with E-state index in [1.54, 1.807) is 6.33 Å². The number of hydrogen-bond acceptors (Lipinski definition) is 2. The maximum absolute atomic E-state index is 13.3. The average molecular weight is 219 g/mol. The van der Waals surface area contributed by atoms with E-state index in [2.05, 4.69) is 17.1 Å². The topological polar surface area (TPSA) is 30.7 Å². The number of rotatable bonds is 3. The van der Waals surface area contributed by atoms with Gasteiger partial charge in [0.1, 0.15) is 12.1 Å². The van der Waals surface area contributed by atoms with Gasteiger partial charge >= 0.3 is 0 Å². The van der Waals surface area contributed by atoms with Gasteiger partial charge < -0.3 is 4.57 Å². The van der Waals surface area contributed by atoms with Crippen molar-refractivity contribution in [1.29, 1.82) is 0 Å². The normalized spacial score (nSPS) is 10.7. The molecule has 0 saturated heterocycles. The number of nitrogens with zero attached hydrogens (tertiary/aromatic N) is 3. The van der Waals surface area contributed by atoms with Gasteiger partial charge in [0.2, 0.25) is 0 Å². The Morgan fingerprint density at radius 2 is 2.12 bits per heavy atom. The third-order valence-corrected chi connectivity index (χ3v) is 2.38. The molecule has 2 aromatic rings. The summed E-state index contributed by atoms with van der Waals surface area (Å²) in [6.07, 6.45) is 2.68. The van der Waals surface area contributed by atoms with Gasteiger partial charge in [0.15, 0.2) is 5.82 Å².